The number of benzene rings is 1. The van der Waals surface area contributed by atoms with Crippen LogP contribution in [0.25, 0.3) is 0 Å². The van der Waals surface area contributed by atoms with Gasteiger partial charge in [-0.3, -0.25) is 14.2 Å². The van der Waals surface area contributed by atoms with Crippen molar-refractivity contribution in [3.05, 3.63) is 42.0 Å². The number of anilines is 2. The van der Waals surface area contributed by atoms with E-state index in [1.165, 1.54) is 12.1 Å². The number of sulfonamides is 1. The molecule has 1 saturated heterocycles. The molecule has 1 amide bonds. The van der Waals surface area contributed by atoms with E-state index >= 15 is 0 Å². The number of piperidine rings is 1. The van der Waals surface area contributed by atoms with Gasteiger partial charge in [0.15, 0.2) is 5.69 Å². The lowest BCUT2D eigenvalue weighted by Gasteiger charge is -2.22. The molecule has 2 heterocycles. The third-order valence-electron chi connectivity index (χ3n) is 4.01. The van der Waals surface area contributed by atoms with Gasteiger partial charge in [0.2, 0.25) is 10.0 Å². The fourth-order valence-corrected chi connectivity index (χ4v) is 3.35. The Morgan fingerprint density at radius 2 is 2.19 bits per heavy atom. The summed E-state index contributed by atoms with van der Waals surface area (Å²) in [6.07, 6.45) is 4.73. The fourth-order valence-electron chi connectivity index (χ4n) is 2.80. The molecule has 10 heteroatoms. The molecule has 1 aromatic carbocycles. The fraction of sp³-hybridized carbons (Fsp3) is 0.375. The third kappa shape index (κ3) is 4.58. The van der Waals surface area contributed by atoms with Crippen LogP contribution in [0.5, 0.6) is 0 Å². The molecule has 140 valence electrons. The van der Waals surface area contributed by atoms with Gasteiger partial charge in [-0.2, -0.15) is 5.10 Å². The van der Waals surface area contributed by atoms with Crippen molar-refractivity contribution in [2.45, 2.75) is 18.9 Å². The highest BCUT2D eigenvalue weighted by molar-refractivity contribution is 7.92. The van der Waals surface area contributed by atoms with Crippen LogP contribution in [0, 0.1) is 5.82 Å². The second-order valence-corrected chi connectivity index (χ2v) is 7.95. The summed E-state index contributed by atoms with van der Waals surface area (Å²) in [4.78, 5) is 12.4. The van der Waals surface area contributed by atoms with E-state index in [4.69, 9.17) is 0 Å². The van der Waals surface area contributed by atoms with Crippen LogP contribution in [0.1, 0.15) is 29.4 Å². The summed E-state index contributed by atoms with van der Waals surface area (Å²) in [6, 6.07) is 5.47. The number of amides is 1. The topological polar surface area (TPSA) is 105 Å². The molecule has 1 atom stereocenters. The van der Waals surface area contributed by atoms with Gasteiger partial charge in [0, 0.05) is 18.4 Å². The maximum atomic E-state index is 13.7. The van der Waals surface area contributed by atoms with E-state index in [9.17, 15) is 17.6 Å². The highest BCUT2D eigenvalue weighted by Gasteiger charge is 2.18. The highest BCUT2D eigenvalue weighted by atomic mass is 32.2. The van der Waals surface area contributed by atoms with Gasteiger partial charge in [0.05, 0.1) is 18.0 Å². The van der Waals surface area contributed by atoms with Crippen molar-refractivity contribution in [3.63, 3.8) is 0 Å². The number of carbonyl (C=O) groups excluding carboxylic acids is 1. The Morgan fingerprint density at radius 3 is 2.88 bits per heavy atom. The first-order valence-electron chi connectivity index (χ1n) is 8.16. The molecular weight excluding hydrogens is 361 g/mol. The van der Waals surface area contributed by atoms with Gasteiger partial charge in [0.25, 0.3) is 5.91 Å². The zero-order valence-electron chi connectivity index (χ0n) is 14.2. The third-order valence-corrected chi connectivity index (χ3v) is 4.60. The molecule has 3 rings (SSSR count). The molecule has 0 saturated carbocycles. The Balaban J connectivity index is 1.72. The number of aromatic nitrogens is 2. The second kappa shape index (κ2) is 7.42. The number of hydrogen-bond acceptors (Lipinski definition) is 5. The quantitative estimate of drug-likeness (QED) is 0.729. The normalized spacial score (nSPS) is 17.7. The van der Waals surface area contributed by atoms with Crippen molar-refractivity contribution in [1.29, 1.82) is 0 Å². The monoisotopic (exact) mass is 381 g/mol. The molecular formula is C16H20FN5O3S. The van der Waals surface area contributed by atoms with E-state index in [1.54, 1.807) is 16.9 Å². The summed E-state index contributed by atoms with van der Waals surface area (Å²) in [5.41, 5.74) is 0.262. The summed E-state index contributed by atoms with van der Waals surface area (Å²) in [5.74, 6) is -1.19. The lowest BCUT2D eigenvalue weighted by molar-refractivity contribution is 0.102. The van der Waals surface area contributed by atoms with Gasteiger partial charge in [-0.15, -0.1) is 0 Å². The van der Waals surface area contributed by atoms with Crippen molar-refractivity contribution >= 4 is 27.3 Å². The Kier molecular flexibility index (Phi) is 5.23. The first-order chi connectivity index (χ1) is 12.3. The SMILES string of the molecule is CS(=O)(=O)Nc1cc(NC(=O)c2ccn(C3CCCNC3)n2)ccc1F. The standard InChI is InChI=1S/C16H20FN5O3S/c1-26(24,25)21-15-9-11(4-5-13(15)17)19-16(23)14-6-8-22(20-14)12-3-2-7-18-10-12/h4-6,8-9,12,18,21H,2-3,7,10H2,1H3,(H,19,23). The Bertz CT molecular complexity index is 906. The Labute approximate surface area is 150 Å². The maximum Gasteiger partial charge on any atom is 0.276 e. The van der Waals surface area contributed by atoms with Crippen LogP contribution in [0.15, 0.2) is 30.5 Å². The van der Waals surface area contributed by atoms with Crippen molar-refractivity contribution in [2.24, 2.45) is 0 Å². The summed E-state index contributed by atoms with van der Waals surface area (Å²) >= 11 is 0. The number of hydrogen-bond donors (Lipinski definition) is 3. The van der Waals surface area contributed by atoms with Crippen LogP contribution in [-0.4, -0.2) is 43.5 Å². The van der Waals surface area contributed by atoms with Gasteiger partial charge < -0.3 is 10.6 Å². The summed E-state index contributed by atoms with van der Waals surface area (Å²) in [6.45, 7) is 1.79. The van der Waals surface area contributed by atoms with Gasteiger partial charge in [0.1, 0.15) is 5.82 Å². The van der Waals surface area contributed by atoms with Crippen molar-refractivity contribution in [2.75, 3.05) is 29.4 Å². The lowest BCUT2D eigenvalue weighted by Crippen LogP contribution is -2.32. The predicted molar refractivity (Wildman–Crippen MR) is 96.2 cm³/mol. The van der Waals surface area contributed by atoms with Gasteiger partial charge in [-0.25, -0.2) is 12.8 Å². The molecule has 0 spiro atoms. The largest absolute Gasteiger partial charge is 0.321 e. The number of halogens is 1. The van der Waals surface area contributed by atoms with E-state index in [0.717, 1.165) is 38.3 Å². The first-order valence-corrected chi connectivity index (χ1v) is 10.1. The van der Waals surface area contributed by atoms with Crippen LogP contribution < -0.4 is 15.4 Å². The van der Waals surface area contributed by atoms with Crippen molar-refractivity contribution in [1.82, 2.24) is 15.1 Å². The summed E-state index contributed by atoms with van der Waals surface area (Å²) in [5, 5.41) is 10.2. The molecule has 26 heavy (non-hydrogen) atoms. The zero-order valence-corrected chi connectivity index (χ0v) is 15.0. The second-order valence-electron chi connectivity index (χ2n) is 6.20. The van der Waals surface area contributed by atoms with E-state index < -0.39 is 21.7 Å². The minimum Gasteiger partial charge on any atom is -0.321 e. The molecule has 0 aliphatic carbocycles. The van der Waals surface area contributed by atoms with Crippen LogP contribution in [0.3, 0.4) is 0 Å². The molecule has 1 aromatic heterocycles. The number of carbonyl (C=O) groups is 1. The van der Waals surface area contributed by atoms with Gasteiger partial charge >= 0.3 is 0 Å². The van der Waals surface area contributed by atoms with Crippen LogP contribution in [0.2, 0.25) is 0 Å². The molecule has 1 fully saturated rings. The average Bonchev–Trinajstić information content (AvgIpc) is 3.08. The van der Waals surface area contributed by atoms with Crippen LogP contribution in [-0.2, 0) is 10.0 Å². The van der Waals surface area contributed by atoms with Crippen molar-refractivity contribution in [3.8, 4) is 0 Å². The molecule has 1 aliphatic heterocycles. The predicted octanol–water partition coefficient (Wildman–Crippen LogP) is 1.57. The average molecular weight is 381 g/mol. The molecule has 2 aromatic rings. The van der Waals surface area contributed by atoms with Crippen molar-refractivity contribution < 1.29 is 17.6 Å². The zero-order chi connectivity index (χ0) is 18.7. The smallest absolute Gasteiger partial charge is 0.276 e. The summed E-state index contributed by atoms with van der Waals surface area (Å²) in [7, 11) is -3.63. The van der Waals surface area contributed by atoms with Crippen LogP contribution >= 0.6 is 0 Å². The van der Waals surface area contributed by atoms with E-state index in [1.807, 2.05) is 0 Å². The van der Waals surface area contributed by atoms with E-state index in [-0.39, 0.29) is 23.1 Å². The van der Waals surface area contributed by atoms with E-state index in [2.05, 4.69) is 20.5 Å². The lowest BCUT2D eigenvalue weighted by atomic mass is 10.1. The molecule has 8 nitrogen and oxygen atoms in total. The molecule has 3 N–H and O–H groups in total. The number of rotatable bonds is 5. The highest BCUT2D eigenvalue weighted by Crippen LogP contribution is 2.21. The van der Waals surface area contributed by atoms with Gasteiger partial charge in [-0.05, 0) is 43.7 Å². The minimum atomic E-state index is -3.63. The number of nitrogens with zero attached hydrogens (tertiary/aromatic N) is 2. The van der Waals surface area contributed by atoms with E-state index in [0.29, 0.717) is 0 Å². The minimum absolute atomic E-state index is 0.210. The molecule has 1 unspecified atom stereocenters. The van der Waals surface area contributed by atoms with Gasteiger partial charge in [-0.1, -0.05) is 0 Å². The van der Waals surface area contributed by atoms with Crippen LogP contribution in [0.4, 0.5) is 15.8 Å². The number of nitrogens with one attached hydrogen (secondary N) is 3. The Morgan fingerprint density at radius 1 is 1.38 bits per heavy atom. The molecule has 0 radical (unpaired) electrons. The summed E-state index contributed by atoms with van der Waals surface area (Å²) < 4.78 is 40.1. The first kappa shape index (κ1) is 18.3. The Hall–Kier alpha value is -2.46. The molecule has 0 bridgehead atoms. The maximum absolute atomic E-state index is 13.7. The molecule has 1 aliphatic rings.